The summed E-state index contributed by atoms with van der Waals surface area (Å²) in [6.07, 6.45) is -5.15. The van der Waals surface area contributed by atoms with Crippen LogP contribution in [0.2, 0.25) is 5.02 Å². The summed E-state index contributed by atoms with van der Waals surface area (Å²) in [6.45, 7) is -0.840. The summed E-state index contributed by atoms with van der Waals surface area (Å²) in [7, 11) is 0. The van der Waals surface area contributed by atoms with Crippen LogP contribution in [-0.2, 0) is 23.9 Å². The van der Waals surface area contributed by atoms with Crippen LogP contribution < -0.4 is 15.4 Å². The lowest BCUT2D eigenvalue weighted by atomic mass is 9.95. The minimum Gasteiger partial charge on any atom is -0.493 e. The molecule has 0 aliphatic carbocycles. The van der Waals surface area contributed by atoms with E-state index in [9.17, 15) is 37.4 Å². The highest BCUT2D eigenvalue weighted by Gasteiger charge is 2.34. The molecule has 0 amide bonds. The molecule has 4 aromatic rings. The molecule has 2 heterocycles. The minimum atomic E-state index is -4.75. The third kappa shape index (κ3) is 5.27. The number of hydrogen-bond donors (Lipinski definition) is 2. The van der Waals surface area contributed by atoms with E-state index in [0.717, 1.165) is 6.07 Å². The zero-order chi connectivity index (χ0) is 28.8. The number of thiazole rings is 1. The summed E-state index contributed by atoms with van der Waals surface area (Å²) in [6, 6.07) is 13.5. The van der Waals surface area contributed by atoms with Crippen LogP contribution in [0.4, 0.5) is 17.6 Å². The van der Waals surface area contributed by atoms with Crippen molar-refractivity contribution in [1.29, 1.82) is 0 Å². The minimum absolute atomic E-state index is 0.0931. The topological polar surface area (TPSA) is 104 Å². The van der Waals surface area contributed by atoms with Gasteiger partial charge in [0.2, 0.25) is 5.88 Å². The van der Waals surface area contributed by atoms with Crippen molar-refractivity contribution in [2.75, 3.05) is 0 Å². The molecule has 1 aliphatic rings. The second kappa shape index (κ2) is 10.4. The van der Waals surface area contributed by atoms with Crippen molar-refractivity contribution in [1.82, 2.24) is 4.57 Å². The number of nitrogens with zero attached hydrogens (tertiary/aromatic N) is 3. The number of carbonyl (C=O) groups is 1. The summed E-state index contributed by atoms with van der Waals surface area (Å²) in [5.74, 6) is -2.53. The molecule has 0 saturated heterocycles. The van der Waals surface area contributed by atoms with Gasteiger partial charge in [0.1, 0.15) is 18.1 Å². The van der Waals surface area contributed by atoms with Crippen molar-refractivity contribution < 1.29 is 32.6 Å². The standard InChI is InChI=1S/C27H16ClF4N3O4S/c28-16-5-1-15(20(11-16)27(30,31)32)10-18(24-25(38)35(12-22(36)37)26(39)40-24)14-4-8-21-19(9-14)23(34-33-21)13-2-6-17(29)7-3-13/h1-9,11,38H,10,12H2,(H,36,37). The van der Waals surface area contributed by atoms with Crippen LogP contribution in [0.5, 0.6) is 5.88 Å². The van der Waals surface area contributed by atoms with Crippen LogP contribution in [0.15, 0.2) is 75.7 Å². The monoisotopic (exact) mass is 589 g/mol. The molecule has 0 fully saturated rings. The predicted molar refractivity (Wildman–Crippen MR) is 140 cm³/mol. The lowest BCUT2D eigenvalue weighted by Crippen LogP contribution is -2.20. The van der Waals surface area contributed by atoms with Crippen LogP contribution in [0.1, 0.15) is 27.1 Å². The van der Waals surface area contributed by atoms with E-state index in [2.05, 4.69) is 10.2 Å². The van der Waals surface area contributed by atoms with Crippen LogP contribution in [-0.4, -0.2) is 26.5 Å². The fraction of sp³-hybridized carbons (Fsp3) is 0.111. The maximum atomic E-state index is 13.9. The van der Waals surface area contributed by atoms with Crippen molar-refractivity contribution in [3.05, 3.63) is 119 Å². The molecular formula is C27H16ClF4N3O4S. The first kappa shape index (κ1) is 27.3. The molecule has 1 aromatic heterocycles. The van der Waals surface area contributed by atoms with Crippen molar-refractivity contribution in [3.63, 3.8) is 0 Å². The number of carboxylic acid groups (broad SMARTS) is 1. The number of halogens is 5. The molecular weight excluding hydrogens is 574 g/mol. The number of alkyl halides is 3. The molecule has 1 aliphatic heterocycles. The summed E-state index contributed by atoms with van der Waals surface area (Å²) < 4.78 is 55.9. The zero-order valence-electron chi connectivity index (χ0n) is 20.0. The van der Waals surface area contributed by atoms with Gasteiger partial charge in [-0.1, -0.05) is 35.1 Å². The second-order valence-electron chi connectivity index (χ2n) is 8.74. The Labute approximate surface area is 231 Å². The SMILES string of the molecule is O=C(O)Cn1c(O)c(C(Cc2ccc(Cl)cc2C(F)(F)F)=c2ccc3c(c2)C(c2ccc(F)cc2)=NN=3)sc1=O. The molecule has 204 valence electrons. The van der Waals surface area contributed by atoms with E-state index in [1.54, 1.807) is 18.2 Å². The smallest absolute Gasteiger partial charge is 0.416 e. The Kier molecular flexibility index (Phi) is 7.06. The lowest BCUT2D eigenvalue weighted by molar-refractivity contribution is -0.138. The molecule has 0 unspecified atom stereocenters. The van der Waals surface area contributed by atoms with Crippen LogP contribution in [0, 0.1) is 5.82 Å². The zero-order valence-corrected chi connectivity index (χ0v) is 21.6. The molecule has 0 bridgehead atoms. The number of aliphatic carboxylic acids is 1. The van der Waals surface area contributed by atoms with E-state index in [4.69, 9.17) is 11.6 Å². The molecule has 2 N–H and O–H groups in total. The Morgan fingerprint density at radius 1 is 1.02 bits per heavy atom. The third-order valence-corrected chi connectivity index (χ3v) is 7.42. The van der Waals surface area contributed by atoms with E-state index in [1.807, 2.05) is 0 Å². The van der Waals surface area contributed by atoms with Gasteiger partial charge in [-0.2, -0.15) is 13.2 Å². The Morgan fingerprint density at radius 2 is 1.75 bits per heavy atom. The summed E-state index contributed by atoms with van der Waals surface area (Å²) in [5, 5.41) is 29.0. The maximum absolute atomic E-state index is 13.9. The number of fused-ring (bicyclic) bond motifs is 1. The van der Waals surface area contributed by atoms with Crippen LogP contribution in [0.3, 0.4) is 0 Å². The number of rotatable bonds is 6. The van der Waals surface area contributed by atoms with Gasteiger partial charge in [0, 0.05) is 22.6 Å². The fourth-order valence-corrected chi connectivity index (χ4v) is 5.44. The first-order valence-electron chi connectivity index (χ1n) is 11.5. The average molecular weight is 590 g/mol. The molecule has 0 spiro atoms. The van der Waals surface area contributed by atoms with Gasteiger partial charge < -0.3 is 10.2 Å². The van der Waals surface area contributed by atoms with Gasteiger partial charge in [-0.15, -0.1) is 10.2 Å². The van der Waals surface area contributed by atoms with Gasteiger partial charge in [-0.3, -0.25) is 14.2 Å². The van der Waals surface area contributed by atoms with E-state index in [0.29, 0.717) is 43.3 Å². The summed E-state index contributed by atoms with van der Waals surface area (Å²) in [4.78, 5) is 23.0. The number of hydrogen-bond acceptors (Lipinski definition) is 6. The Hall–Kier alpha value is -4.29. The third-order valence-electron chi connectivity index (χ3n) is 6.16. The first-order valence-corrected chi connectivity index (χ1v) is 12.7. The average Bonchev–Trinajstić information content (AvgIpc) is 3.43. The largest absolute Gasteiger partial charge is 0.493 e. The molecule has 0 saturated carbocycles. The molecule has 0 atom stereocenters. The van der Waals surface area contributed by atoms with Crippen molar-refractivity contribution in [2.24, 2.45) is 10.2 Å². The quantitative estimate of drug-likeness (QED) is 0.327. The van der Waals surface area contributed by atoms with Crippen LogP contribution in [0.25, 0.3) is 5.57 Å². The number of carboxylic acids is 1. The number of aromatic nitrogens is 1. The first-order chi connectivity index (χ1) is 18.9. The molecule has 40 heavy (non-hydrogen) atoms. The highest BCUT2D eigenvalue weighted by atomic mass is 35.5. The molecule has 0 radical (unpaired) electrons. The van der Waals surface area contributed by atoms with Gasteiger partial charge in [0.25, 0.3) is 0 Å². The van der Waals surface area contributed by atoms with Crippen molar-refractivity contribution in [2.45, 2.75) is 19.1 Å². The Bertz CT molecular complexity index is 1880. The highest BCUT2D eigenvalue weighted by molar-refractivity contribution is 7.10. The summed E-state index contributed by atoms with van der Waals surface area (Å²) >= 11 is 6.36. The van der Waals surface area contributed by atoms with E-state index in [1.165, 1.54) is 36.4 Å². The normalized spacial score (nSPS) is 13.5. The van der Waals surface area contributed by atoms with Gasteiger partial charge in [-0.05, 0) is 64.9 Å². The van der Waals surface area contributed by atoms with Crippen LogP contribution >= 0.6 is 22.9 Å². The van der Waals surface area contributed by atoms with E-state index < -0.39 is 47.2 Å². The Morgan fingerprint density at radius 3 is 2.42 bits per heavy atom. The Balaban J connectivity index is 1.75. The lowest BCUT2D eigenvalue weighted by Gasteiger charge is -2.15. The van der Waals surface area contributed by atoms with Gasteiger partial charge >= 0.3 is 17.0 Å². The molecule has 5 rings (SSSR count). The van der Waals surface area contributed by atoms with E-state index >= 15 is 0 Å². The number of benzene rings is 3. The van der Waals surface area contributed by atoms with E-state index in [-0.39, 0.29) is 21.0 Å². The second-order valence-corrected chi connectivity index (χ2v) is 10.1. The predicted octanol–water partition coefficient (Wildman–Crippen LogP) is 4.34. The van der Waals surface area contributed by atoms with Crippen molar-refractivity contribution in [3.8, 4) is 5.88 Å². The molecule has 7 nitrogen and oxygen atoms in total. The highest BCUT2D eigenvalue weighted by Crippen LogP contribution is 2.37. The number of aromatic hydroxyl groups is 1. The van der Waals surface area contributed by atoms with Gasteiger partial charge in [0.05, 0.1) is 15.8 Å². The maximum Gasteiger partial charge on any atom is 0.416 e. The molecule has 13 heteroatoms. The molecule has 3 aromatic carbocycles. The van der Waals surface area contributed by atoms with Gasteiger partial charge in [-0.25, -0.2) is 4.39 Å². The van der Waals surface area contributed by atoms with Gasteiger partial charge in [0.15, 0.2) is 0 Å². The van der Waals surface area contributed by atoms with Crippen molar-refractivity contribution >= 4 is 40.2 Å². The summed E-state index contributed by atoms with van der Waals surface area (Å²) in [5.41, 5.74) is 0.364. The fourth-order valence-electron chi connectivity index (χ4n) is 4.32.